The molecule has 2 fully saturated rings. The molecule has 1 heterocycles. The Labute approximate surface area is 146 Å². The molecule has 0 aromatic rings. The molecule has 0 spiro atoms. The molecule has 0 bridgehead atoms. The molecule has 5 heteroatoms. The Kier molecular flexibility index (Phi) is 8.31. The monoisotopic (exact) mass is 409 g/mol. The molecule has 1 aliphatic heterocycles. The summed E-state index contributed by atoms with van der Waals surface area (Å²) in [6, 6.07) is 0. The van der Waals surface area contributed by atoms with Crippen molar-refractivity contribution < 1.29 is 5.11 Å². The molecule has 21 heavy (non-hydrogen) atoms. The molecule has 0 radical (unpaired) electrons. The quantitative estimate of drug-likeness (QED) is 0.427. The van der Waals surface area contributed by atoms with Crippen LogP contribution < -0.4 is 5.32 Å². The first-order valence-electron chi connectivity index (χ1n) is 8.40. The molecule has 0 unspecified atom stereocenters. The van der Waals surface area contributed by atoms with Gasteiger partial charge in [-0.3, -0.25) is 4.99 Å². The highest BCUT2D eigenvalue weighted by Gasteiger charge is 2.32. The summed E-state index contributed by atoms with van der Waals surface area (Å²) in [4.78, 5) is 7.25. The molecule has 1 saturated carbocycles. The number of nitrogens with one attached hydrogen (secondary N) is 1. The number of aliphatic hydroxyl groups is 1. The molecule has 2 rings (SSSR count). The number of aliphatic hydroxyl groups excluding tert-OH is 1. The fourth-order valence-corrected chi connectivity index (χ4v) is 3.49. The number of hydrogen-bond donors (Lipinski definition) is 2. The second-order valence-electron chi connectivity index (χ2n) is 6.45. The van der Waals surface area contributed by atoms with Crippen molar-refractivity contribution in [3.63, 3.8) is 0 Å². The predicted octanol–water partition coefficient (Wildman–Crippen LogP) is 3.00. The average molecular weight is 409 g/mol. The Hall–Kier alpha value is -0.0400. The van der Waals surface area contributed by atoms with E-state index in [0.717, 1.165) is 45.0 Å². The lowest BCUT2D eigenvalue weighted by atomic mass is 9.83. The van der Waals surface area contributed by atoms with Crippen molar-refractivity contribution in [2.24, 2.45) is 10.4 Å². The summed E-state index contributed by atoms with van der Waals surface area (Å²) >= 11 is 0. The first-order chi connectivity index (χ1) is 9.69. The van der Waals surface area contributed by atoms with Crippen molar-refractivity contribution in [2.75, 3.05) is 26.2 Å². The summed E-state index contributed by atoms with van der Waals surface area (Å²) in [5, 5.41) is 13.1. The van der Waals surface area contributed by atoms with Crippen molar-refractivity contribution in [2.45, 2.75) is 64.9 Å². The van der Waals surface area contributed by atoms with Crippen LogP contribution in [0.1, 0.15) is 58.8 Å². The SMILES string of the molecule is CCNC(=NCC1(CC)CCCC1)N1CCC(O)CC1.I. The molecule has 0 aromatic carbocycles. The van der Waals surface area contributed by atoms with Crippen molar-refractivity contribution in [3.05, 3.63) is 0 Å². The summed E-state index contributed by atoms with van der Waals surface area (Å²) in [7, 11) is 0. The fourth-order valence-electron chi connectivity index (χ4n) is 3.49. The molecule has 4 nitrogen and oxygen atoms in total. The minimum absolute atomic E-state index is 0. The van der Waals surface area contributed by atoms with Gasteiger partial charge < -0.3 is 15.3 Å². The van der Waals surface area contributed by atoms with Gasteiger partial charge in [0.2, 0.25) is 0 Å². The number of halogens is 1. The van der Waals surface area contributed by atoms with Gasteiger partial charge in [-0.15, -0.1) is 24.0 Å². The Morgan fingerprint density at radius 2 is 1.86 bits per heavy atom. The third-order valence-corrected chi connectivity index (χ3v) is 5.08. The minimum atomic E-state index is -0.119. The third kappa shape index (κ3) is 5.27. The summed E-state index contributed by atoms with van der Waals surface area (Å²) in [6.07, 6.45) is 8.27. The van der Waals surface area contributed by atoms with Gasteiger partial charge in [-0.2, -0.15) is 0 Å². The smallest absolute Gasteiger partial charge is 0.193 e. The molecule has 2 N–H and O–H groups in total. The molecular formula is C16H32IN3O. The second kappa shape index (κ2) is 9.18. The zero-order valence-electron chi connectivity index (χ0n) is 13.6. The Morgan fingerprint density at radius 1 is 1.24 bits per heavy atom. The fraction of sp³-hybridized carbons (Fsp3) is 0.938. The third-order valence-electron chi connectivity index (χ3n) is 5.08. The molecule has 0 amide bonds. The van der Waals surface area contributed by atoms with E-state index < -0.39 is 0 Å². The van der Waals surface area contributed by atoms with Crippen LogP contribution in [0.3, 0.4) is 0 Å². The van der Waals surface area contributed by atoms with Crippen molar-refractivity contribution in [3.8, 4) is 0 Å². The second-order valence-corrected chi connectivity index (χ2v) is 6.45. The van der Waals surface area contributed by atoms with Crippen LogP contribution in [0.5, 0.6) is 0 Å². The summed E-state index contributed by atoms with van der Waals surface area (Å²) in [6.45, 7) is 8.16. The summed E-state index contributed by atoms with van der Waals surface area (Å²) in [5.41, 5.74) is 0.454. The summed E-state index contributed by atoms with van der Waals surface area (Å²) in [5.74, 6) is 1.05. The number of likely N-dealkylation sites (tertiary alicyclic amines) is 1. The van der Waals surface area contributed by atoms with Crippen molar-refractivity contribution in [1.82, 2.24) is 10.2 Å². The molecule has 2 aliphatic rings. The van der Waals surface area contributed by atoms with Crippen LogP contribution in [0.15, 0.2) is 4.99 Å². The number of aliphatic imine (C=N–C) groups is 1. The zero-order chi connectivity index (χ0) is 14.4. The maximum absolute atomic E-state index is 9.63. The Bertz CT molecular complexity index is 321. The van der Waals surface area contributed by atoms with Gasteiger partial charge in [0.25, 0.3) is 0 Å². The maximum Gasteiger partial charge on any atom is 0.193 e. The lowest BCUT2D eigenvalue weighted by molar-refractivity contribution is 0.107. The molecule has 1 saturated heterocycles. The normalized spacial score (nSPS) is 23.0. The number of guanidine groups is 1. The molecular weight excluding hydrogens is 377 g/mol. The number of nitrogens with zero attached hydrogens (tertiary/aromatic N) is 2. The molecule has 124 valence electrons. The highest BCUT2D eigenvalue weighted by Crippen LogP contribution is 2.41. The van der Waals surface area contributed by atoms with Gasteiger partial charge >= 0.3 is 0 Å². The van der Waals surface area contributed by atoms with Crippen LogP contribution in [0.4, 0.5) is 0 Å². The molecule has 1 aliphatic carbocycles. The van der Waals surface area contributed by atoms with E-state index in [-0.39, 0.29) is 30.1 Å². The van der Waals surface area contributed by atoms with Crippen LogP contribution in [0, 0.1) is 5.41 Å². The number of rotatable bonds is 4. The first kappa shape index (κ1) is 19.0. The minimum Gasteiger partial charge on any atom is -0.393 e. The van der Waals surface area contributed by atoms with E-state index in [2.05, 4.69) is 24.1 Å². The largest absolute Gasteiger partial charge is 0.393 e. The van der Waals surface area contributed by atoms with Gasteiger partial charge in [0, 0.05) is 26.2 Å². The van der Waals surface area contributed by atoms with E-state index in [1.165, 1.54) is 32.1 Å². The summed E-state index contributed by atoms with van der Waals surface area (Å²) < 4.78 is 0. The van der Waals surface area contributed by atoms with Crippen LogP contribution in [-0.2, 0) is 0 Å². The van der Waals surface area contributed by atoms with Gasteiger partial charge in [0.1, 0.15) is 0 Å². The molecule has 0 aromatic heterocycles. The van der Waals surface area contributed by atoms with Gasteiger partial charge in [-0.1, -0.05) is 19.8 Å². The number of hydrogen-bond acceptors (Lipinski definition) is 2. The van der Waals surface area contributed by atoms with E-state index in [4.69, 9.17) is 4.99 Å². The first-order valence-corrected chi connectivity index (χ1v) is 8.40. The number of piperidine rings is 1. The van der Waals surface area contributed by atoms with Crippen molar-refractivity contribution in [1.29, 1.82) is 0 Å². The highest BCUT2D eigenvalue weighted by molar-refractivity contribution is 14.0. The Morgan fingerprint density at radius 3 is 2.38 bits per heavy atom. The average Bonchev–Trinajstić information content (AvgIpc) is 2.94. The topological polar surface area (TPSA) is 47.9 Å². The van der Waals surface area contributed by atoms with Crippen LogP contribution in [0.25, 0.3) is 0 Å². The van der Waals surface area contributed by atoms with E-state index >= 15 is 0 Å². The van der Waals surface area contributed by atoms with Crippen LogP contribution in [0.2, 0.25) is 0 Å². The lowest BCUT2D eigenvalue weighted by Gasteiger charge is -2.33. The van der Waals surface area contributed by atoms with Gasteiger partial charge in [-0.25, -0.2) is 0 Å². The lowest BCUT2D eigenvalue weighted by Crippen LogP contribution is -2.47. The zero-order valence-corrected chi connectivity index (χ0v) is 15.9. The van der Waals surface area contributed by atoms with Gasteiger partial charge in [0.05, 0.1) is 6.10 Å². The van der Waals surface area contributed by atoms with E-state index in [1.807, 2.05) is 0 Å². The van der Waals surface area contributed by atoms with Crippen molar-refractivity contribution >= 4 is 29.9 Å². The van der Waals surface area contributed by atoms with E-state index in [1.54, 1.807) is 0 Å². The maximum atomic E-state index is 9.63. The van der Waals surface area contributed by atoms with E-state index in [0.29, 0.717) is 5.41 Å². The predicted molar refractivity (Wildman–Crippen MR) is 99.4 cm³/mol. The molecule has 0 atom stereocenters. The van der Waals surface area contributed by atoms with E-state index in [9.17, 15) is 5.11 Å². The van der Waals surface area contributed by atoms with Crippen LogP contribution >= 0.6 is 24.0 Å². The Balaban J connectivity index is 0.00000220. The van der Waals surface area contributed by atoms with Gasteiger partial charge in [-0.05, 0) is 44.4 Å². The highest BCUT2D eigenvalue weighted by atomic mass is 127. The van der Waals surface area contributed by atoms with Gasteiger partial charge in [0.15, 0.2) is 5.96 Å². The standard InChI is InChI=1S/C16H31N3O.HI/c1-3-16(9-5-6-10-16)13-18-15(17-4-2)19-11-7-14(20)8-12-19;/h14,20H,3-13H2,1-2H3,(H,17,18);1H. The van der Waals surface area contributed by atoms with Crippen LogP contribution in [-0.4, -0.2) is 48.2 Å².